The van der Waals surface area contributed by atoms with Crippen LogP contribution in [-0.4, -0.2) is 20.9 Å². The van der Waals surface area contributed by atoms with E-state index in [1.54, 1.807) is 19.1 Å². The first kappa shape index (κ1) is 25.8. The van der Waals surface area contributed by atoms with E-state index in [0.29, 0.717) is 22.0 Å². The third-order valence-electron chi connectivity index (χ3n) is 5.46. The summed E-state index contributed by atoms with van der Waals surface area (Å²) in [6, 6.07) is 16.8. The summed E-state index contributed by atoms with van der Waals surface area (Å²) in [6.45, 7) is 11.3. The Hall–Kier alpha value is -2.83. The number of benzene rings is 3. The Morgan fingerprint density at radius 1 is 0.912 bits per heavy atom. The number of halogens is 1. The van der Waals surface area contributed by atoms with Crippen LogP contribution in [-0.2, 0) is 20.2 Å². The van der Waals surface area contributed by atoms with Crippen LogP contribution < -0.4 is 9.04 Å². The molecule has 0 aromatic heterocycles. The van der Waals surface area contributed by atoms with E-state index in [9.17, 15) is 13.2 Å². The summed E-state index contributed by atoms with van der Waals surface area (Å²) in [6.07, 6.45) is 0. The van der Waals surface area contributed by atoms with Crippen LogP contribution in [0.25, 0.3) is 0 Å². The number of hydrogen-bond acceptors (Lipinski definition) is 4. The highest BCUT2D eigenvalue weighted by Gasteiger charge is 2.33. The first-order chi connectivity index (χ1) is 15.8. The number of nitrogens with zero attached hydrogens (tertiary/aromatic N) is 1. The van der Waals surface area contributed by atoms with Gasteiger partial charge < -0.3 is 4.74 Å². The highest BCUT2D eigenvalue weighted by molar-refractivity contribution is 7.93. The van der Waals surface area contributed by atoms with E-state index >= 15 is 0 Å². The molecule has 3 aromatic carbocycles. The van der Waals surface area contributed by atoms with Crippen molar-refractivity contribution in [2.45, 2.75) is 51.9 Å². The standard InChI is InChI=1S/C27H30ClNO4S/c1-18-8-14-25(23(15-18)27(4,5)6)33-17-26(30)29(24-16-19(2)7-9-20(24)3)34(31,32)22-12-10-21(28)11-13-22/h7-16H,17H2,1-6H3. The minimum atomic E-state index is -4.21. The smallest absolute Gasteiger partial charge is 0.278 e. The van der Waals surface area contributed by atoms with Gasteiger partial charge in [-0.3, -0.25) is 4.79 Å². The highest BCUT2D eigenvalue weighted by Crippen LogP contribution is 2.33. The van der Waals surface area contributed by atoms with E-state index in [2.05, 4.69) is 20.8 Å². The van der Waals surface area contributed by atoms with Gasteiger partial charge in [-0.05, 0) is 79.3 Å². The number of aryl methyl sites for hydroxylation is 3. The van der Waals surface area contributed by atoms with Crippen LogP contribution in [0.2, 0.25) is 5.02 Å². The zero-order valence-corrected chi connectivity index (χ0v) is 21.9. The molecular formula is C27H30ClNO4S. The van der Waals surface area contributed by atoms with E-state index in [-0.39, 0.29) is 10.3 Å². The lowest BCUT2D eigenvalue weighted by molar-refractivity contribution is -0.119. The van der Waals surface area contributed by atoms with Gasteiger partial charge in [-0.2, -0.15) is 4.31 Å². The topological polar surface area (TPSA) is 63.7 Å². The van der Waals surface area contributed by atoms with Crippen molar-refractivity contribution in [2.75, 3.05) is 10.9 Å². The van der Waals surface area contributed by atoms with E-state index in [1.165, 1.54) is 24.3 Å². The number of carbonyl (C=O) groups excluding carboxylic acids is 1. The molecule has 0 spiro atoms. The van der Waals surface area contributed by atoms with Gasteiger partial charge in [-0.25, -0.2) is 8.42 Å². The maximum atomic E-state index is 13.6. The second-order valence-electron chi connectivity index (χ2n) is 9.45. The molecule has 34 heavy (non-hydrogen) atoms. The van der Waals surface area contributed by atoms with Crippen LogP contribution in [0, 0.1) is 20.8 Å². The molecule has 0 N–H and O–H groups in total. The zero-order chi connectivity index (χ0) is 25.3. The lowest BCUT2D eigenvalue weighted by Gasteiger charge is -2.26. The predicted molar refractivity (Wildman–Crippen MR) is 137 cm³/mol. The third-order valence-corrected chi connectivity index (χ3v) is 7.46. The first-order valence-electron chi connectivity index (χ1n) is 11.0. The molecule has 180 valence electrons. The second kappa shape index (κ2) is 9.80. The number of carbonyl (C=O) groups is 1. The third kappa shape index (κ3) is 5.62. The van der Waals surface area contributed by atoms with Gasteiger partial charge in [0.1, 0.15) is 5.75 Å². The van der Waals surface area contributed by atoms with E-state index < -0.39 is 22.5 Å². The van der Waals surface area contributed by atoms with Gasteiger partial charge in [0.2, 0.25) is 0 Å². The Bertz CT molecular complexity index is 1310. The number of amides is 1. The normalized spacial score (nSPS) is 11.9. The molecule has 7 heteroatoms. The van der Waals surface area contributed by atoms with Crippen LogP contribution in [0.15, 0.2) is 65.6 Å². The van der Waals surface area contributed by atoms with E-state index in [4.69, 9.17) is 16.3 Å². The summed E-state index contributed by atoms with van der Waals surface area (Å²) in [5.41, 5.74) is 3.59. The van der Waals surface area contributed by atoms with Crippen LogP contribution >= 0.6 is 11.6 Å². The average molecular weight is 500 g/mol. The maximum absolute atomic E-state index is 13.6. The minimum Gasteiger partial charge on any atom is -0.483 e. The van der Waals surface area contributed by atoms with Gasteiger partial charge >= 0.3 is 0 Å². The number of sulfonamides is 1. The minimum absolute atomic E-state index is 0.0307. The van der Waals surface area contributed by atoms with Crippen molar-refractivity contribution in [1.29, 1.82) is 0 Å². The van der Waals surface area contributed by atoms with Crippen molar-refractivity contribution < 1.29 is 17.9 Å². The van der Waals surface area contributed by atoms with E-state index in [1.807, 2.05) is 38.1 Å². The summed E-state index contributed by atoms with van der Waals surface area (Å²) >= 11 is 5.95. The van der Waals surface area contributed by atoms with Gasteiger partial charge in [0.05, 0.1) is 10.6 Å². The number of ether oxygens (including phenoxy) is 1. The Balaban J connectivity index is 2.04. The van der Waals surface area contributed by atoms with Crippen LogP contribution in [0.4, 0.5) is 5.69 Å². The molecule has 0 aliphatic rings. The number of rotatable bonds is 6. The largest absolute Gasteiger partial charge is 0.483 e. The van der Waals surface area contributed by atoms with Gasteiger partial charge in [0.25, 0.3) is 15.9 Å². The van der Waals surface area contributed by atoms with Crippen LogP contribution in [0.1, 0.15) is 43.0 Å². The Morgan fingerprint density at radius 2 is 1.50 bits per heavy atom. The fourth-order valence-electron chi connectivity index (χ4n) is 3.60. The quantitative estimate of drug-likeness (QED) is 0.395. The highest BCUT2D eigenvalue weighted by atomic mass is 35.5. The van der Waals surface area contributed by atoms with Gasteiger partial charge in [-0.15, -0.1) is 0 Å². The predicted octanol–water partition coefficient (Wildman–Crippen LogP) is 6.36. The average Bonchev–Trinajstić information content (AvgIpc) is 2.75. The van der Waals surface area contributed by atoms with E-state index in [0.717, 1.165) is 21.0 Å². The number of hydrogen-bond donors (Lipinski definition) is 0. The summed E-state index contributed by atoms with van der Waals surface area (Å²) in [5.74, 6) is -0.139. The first-order valence-corrected chi connectivity index (χ1v) is 12.8. The Kier molecular flexibility index (Phi) is 7.44. The van der Waals surface area contributed by atoms with Crippen molar-refractivity contribution in [3.05, 3.63) is 87.9 Å². The maximum Gasteiger partial charge on any atom is 0.278 e. The SMILES string of the molecule is Cc1ccc(C)c(N(C(=O)COc2ccc(C)cc2C(C)(C)C)S(=O)(=O)c2ccc(Cl)cc2)c1. The Morgan fingerprint density at radius 3 is 2.12 bits per heavy atom. The molecule has 0 bridgehead atoms. The molecule has 3 aromatic rings. The molecule has 0 aliphatic carbocycles. The fraction of sp³-hybridized carbons (Fsp3) is 0.296. The molecular weight excluding hydrogens is 470 g/mol. The molecule has 5 nitrogen and oxygen atoms in total. The molecule has 0 heterocycles. The lowest BCUT2D eigenvalue weighted by Crippen LogP contribution is -2.40. The Labute approximate surface area is 207 Å². The molecule has 0 saturated heterocycles. The monoisotopic (exact) mass is 499 g/mol. The van der Waals surface area contributed by atoms with Gasteiger partial charge in [0.15, 0.2) is 6.61 Å². The van der Waals surface area contributed by atoms with Crippen molar-refractivity contribution in [2.24, 2.45) is 0 Å². The molecule has 0 fully saturated rings. The van der Waals surface area contributed by atoms with Crippen LogP contribution in [0.3, 0.4) is 0 Å². The van der Waals surface area contributed by atoms with Gasteiger partial charge in [-0.1, -0.05) is 62.2 Å². The molecule has 1 amide bonds. The van der Waals surface area contributed by atoms with Crippen molar-refractivity contribution >= 4 is 33.2 Å². The summed E-state index contributed by atoms with van der Waals surface area (Å²) < 4.78 is 34.0. The van der Waals surface area contributed by atoms with Gasteiger partial charge in [0, 0.05) is 5.02 Å². The fourth-order valence-corrected chi connectivity index (χ4v) is 5.20. The summed E-state index contributed by atoms with van der Waals surface area (Å²) in [4.78, 5) is 13.5. The van der Waals surface area contributed by atoms with Crippen LogP contribution in [0.5, 0.6) is 5.75 Å². The molecule has 0 aliphatic heterocycles. The van der Waals surface area contributed by atoms with Crippen molar-refractivity contribution in [1.82, 2.24) is 0 Å². The molecule has 3 rings (SSSR count). The second-order valence-corrected chi connectivity index (χ2v) is 11.7. The van der Waals surface area contributed by atoms with Crippen molar-refractivity contribution in [3.8, 4) is 5.75 Å². The summed E-state index contributed by atoms with van der Waals surface area (Å²) in [7, 11) is -4.21. The molecule has 0 radical (unpaired) electrons. The zero-order valence-electron chi connectivity index (χ0n) is 20.3. The molecule has 0 unspecified atom stereocenters. The molecule has 0 saturated carbocycles. The lowest BCUT2D eigenvalue weighted by atomic mass is 9.85. The number of anilines is 1. The molecule has 0 atom stereocenters. The van der Waals surface area contributed by atoms with Crippen molar-refractivity contribution in [3.63, 3.8) is 0 Å². The summed E-state index contributed by atoms with van der Waals surface area (Å²) in [5, 5.41) is 0.404.